The van der Waals surface area contributed by atoms with E-state index in [1.165, 1.54) is 0 Å². The smallest absolute Gasteiger partial charge is 0.324 e. The van der Waals surface area contributed by atoms with Crippen LogP contribution in [-0.4, -0.2) is 29.3 Å². The number of halogens is 1. The summed E-state index contributed by atoms with van der Waals surface area (Å²) >= 11 is 5.94. The number of hydrogen-bond acceptors (Lipinski definition) is 5. The minimum Gasteiger partial charge on any atom is -0.465 e. The lowest BCUT2D eigenvalue weighted by molar-refractivity contribution is -0.156. The topological polar surface area (TPSA) is 87.5 Å². The SMILES string of the molecule is CCOC(=O)C12C(=O)N(Cc3ccccc3)C(=O)C1(C#N)C2c1ccc(Cl)cc1. The van der Waals surface area contributed by atoms with Crippen LogP contribution in [0.15, 0.2) is 54.6 Å². The number of ether oxygens (including phenoxy) is 1. The Morgan fingerprint density at radius 2 is 1.79 bits per heavy atom. The van der Waals surface area contributed by atoms with Gasteiger partial charge in [0, 0.05) is 10.9 Å². The van der Waals surface area contributed by atoms with Crippen LogP contribution < -0.4 is 0 Å². The van der Waals surface area contributed by atoms with Crippen molar-refractivity contribution in [3.63, 3.8) is 0 Å². The van der Waals surface area contributed by atoms with Crippen LogP contribution in [0.4, 0.5) is 0 Å². The molecule has 0 N–H and O–H groups in total. The van der Waals surface area contributed by atoms with Crippen molar-refractivity contribution < 1.29 is 19.1 Å². The van der Waals surface area contributed by atoms with E-state index in [4.69, 9.17) is 16.3 Å². The molecular weight excluding hydrogens is 392 g/mol. The highest BCUT2D eigenvalue weighted by Gasteiger charge is 2.95. The third kappa shape index (κ3) is 2.37. The molecular formula is C22H17ClN2O4. The summed E-state index contributed by atoms with van der Waals surface area (Å²) in [7, 11) is 0. The minimum atomic E-state index is -1.86. The molecule has 0 aromatic heterocycles. The number of amides is 2. The Morgan fingerprint density at radius 3 is 2.38 bits per heavy atom. The Labute approximate surface area is 172 Å². The van der Waals surface area contributed by atoms with Gasteiger partial charge in [-0.05, 0) is 30.2 Å². The maximum Gasteiger partial charge on any atom is 0.324 e. The first-order valence-corrected chi connectivity index (χ1v) is 9.57. The Hall–Kier alpha value is -3.17. The maximum absolute atomic E-state index is 13.4. The van der Waals surface area contributed by atoms with E-state index < -0.39 is 34.5 Å². The molecule has 146 valence electrons. The van der Waals surface area contributed by atoms with Crippen molar-refractivity contribution in [2.45, 2.75) is 19.4 Å². The van der Waals surface area contributed by atoms with Gasteiger partial charge in [-0.1, -0.05) is 54.1 Å². The number of carbonyl (C=O) groups excluding carboxylic acids is 3. The maximum atomic E-state index is 13.4. The molecule has 2 aliphatic rings. The van der Waals surface area contributed by atoms with Crippen molar-refractivity contribution in [2.75, 3.05) is 6.61 Å². The molecule has 0 spiro atoms. The first-order valence-electron chi connectivity index (χ1n) is 9.19. The number of nitrogens with zero attached hydrogens (tertiary/aromatic N) is 2. The molecule has 0 bridgehead atoms. The monoisotopic (exact) mass is 408 g/mol. The molecule has 3 unspecified atom stereocenters. The Balaban J connectivity index is 1.81. The summed E-state index contributed by atoms with van der Waals surface area (Å²) in [5.74, 6) is -3.09. The van der Waals surface area contributed by atoms with Crippen molar-refractivity contribution in [3.05, 3.63) is 70.7 Å². The molecule has 0 radical (unpaired) electrons. The summed E-state index contributed by atoms with van der Waals surface area (Å²) in [6.07, 6.45) is 0. The fraction of sp³-hybridized carbons (Fsp3) is 0.273. The number of piperidine rings is 1. The zero-order valence-electron chi connectivity index (χ0n) is 15.6. The van der Waals surface area contributed by atoms with Crippen LogP contribution in [0.1, 0.15) is 24.0 Å². The van der Waals surface area contributed by atoms with Gasteiger partial charge in [0.2, 0.25) is 5.91 Å². The zero-order valence-corrected chi connectivity index (χ0v) is 16.3. The fourth-order valence-electron chi connectivity index (χ4n) is 4.45. The van der Waals surface area contributed by atoms with Crippen LogP contribution in [0, 0.1) is 22.2 Å². The van der Waals surface area contributed by atoms with Gasteiger partial charge in [0.15, 0.2) is 10.8 Å². The number of benzene rings is 2. The molecule has 1 heterocycles. The van der Waals surface area contributed by atoms with E-state index in [1.54, 1.807) is 55.5 Å². The molecule has 1 aliphatic carbocycles. The molecule has 2 aromatic rings. The van der Waals surface area contributed by atoms with Gasteiger partial charge in [-0.2, -0.15) is 5.26 Å². The van der Waals surface area contributed by atoms with Crippen LogP contribution >= 0.6 is 11.6 Å². The van der Waals surface area contributed by atoms with Gasteiger partial charge >= 0.3 is 5.97 Å². The molecule has 4 rings (SSSR count). The van der Waals surface area contributed by atoms with Crippen LogP contribution in [0.5, 0.6) is 0 Å². The molecule has 2 amide bonds. The molecule has 3 atom stereocenters. The molecule has 1 aliphatic heterocycles. The lowest BCUT2D eigenvalue weighted by atomic mass is 9.96. The third-order valence-electron chi connectivity index (χ3n) is 5.73. The molecule has 7 heteroatoms. The summed E-state index contributed by atoms with van der Waals surface area (Å²) < 4.78 is 5.17. The fourth-order valence-corrected chi connectivity index (χ4v) is 4.58. The van der Waals surface area contributed by atoms with Gasteiger partial charge in [0.05, 0.1) is 19.2 Å². The second kappa shape index (κ2) is 6.71. The Morgan fingerprint density at radius 1 is 1.14 bits per heavy atom. The Bertz CT molecular complexity index is 1050. The standard InChI is InChI=1S/C22H17ClN2O4/c1-2-29-20(28)22-17(15-8-10-16(23)11-9-15)21(22,13-24)18(26)25(19(22)27)12-14-6-4-3-5-7-14/h3-11,17H,2,12H2,1H3. The van der Waals surface area contributed by atoms with Crippen molar-refractivity contribution >= 4 is 29.4 Å². The van der Waals surface area contributed by atoms with E-state index in [0.29, 0.717) is 10.6 Å². The van der Waals surface area contributed by atoms with E-state index >= 15 is 0 Å². The number of rotatable bonds is 5. The van der Waals surface area contributed by atoms with E-state index in [-0.39, 0.29) is 13.2 Å². The Kier molecular flexibility index (Phi) is 4.44. The van der Waals surface area contributed by atoms with E-state index in [2.05, 4.69) is 0 Å². The number of hydrogen-bond donors (Lipinski definition) is 0. The predicted octanol–water partition coefficient (Wildman–Crippen LogP) is 3.07. The average Bonchev–Trinajstić information content (AvgIpc) is 3.32. The van der Waals surface area contributed by atoms with Crippen molar-refractivity contribution in [1.29, 1.82) is 5.26 Å². The van der Waals surface area contributed by atoms with Gasteiger partial charge in [0.25, 0.3) is 5.91 Å². The molecule has 2 aromatic carbocycles. The van der Waals surface area contributed by atoms with Gasteiger partial charge in [-0.25, -0.2) is 0 Å². The highest BCUT2D eigenvalue weighted by molar-refractivity contribution is 6.30. The quantitative estimate of drug-likeness (QED) is 0.431. The zero-order chi connectivity index (χ0) is 20.8. The number of nitriles is 1. The summed E-state index contributed by atoms with van der Waals surface area (Å²) in [5, 5.41) is 10.5. The number of imide groups is 1. The van der Waals surface area contributed by atoms with Crippen LogP contribution in [0.25, 0.3) is 0 Å². The first-order chi connectivity index (χ1) is 13.9. The van der Waals surface area contributed by atoms with E-state index in [1.807, 2.05) is 12.1 Å². The van der Waals surface area contributed by atoms with Gasteiger partial charge in [-0.3, -0.25) is 19.3 Å². The summed E-state index contributed by atoms with van der Waals surface area (Å²) in [6.45, 7) is 1.65. The molecule has 6 nitrogen and oxygen atoms in total. The minimum absolute atomic E-state index is 0.00354. The highest BCUT2D eigenvalue weighted by atomic mass is 35.5. The second-order valence-electron chi connectivity index (χ2n) is 7.11. The van der Waals surface area contributed by atoms with Crippen molar-refractivity contribution in [2.24, 2.45) is 10.8 Å². The lowest BCUT2D eigenvalue weighted by Gasteiger charge is -2.22. The normalized spacial score (nSPS) is 27.3. The lowest BCUT2D eigenvalue weighted by Crippen LogP contribution is -2.39. The third-order valence-corrected chi connectivity index (χ3v) is 5.98. The molecule has 29 heavy (non-hydrogen) atoms. The molecule has 2 fully saturated rings. The molecule has 1 saturated carbocycles. The average molecular weight is 409 g/mol. The highest BCUT2D eigenvalue weighted by Crippen LogP contribution is 2.79. The predicted molar refractivity (Wildman–Crippen MR) is 103 cm³/mol. The van der Waals surface area contributed by atoms with Crippen LogP contribution in [-0.2, 0) is 25.7 Å². The van der Waals surface area contributed by atoms with Gasteiger partial charge < -0.3 is 4.74 Å². The van der Waals surface area contributed by atoms with Crippen LogP contribution in [0.2, 0.25) is 5.02 Å². The summed E-state index contributed by atoms with van der Waals surface area (Å²) in [4.78, 5) is 40.8. The van der Waals surface area contributed by atoms with Crippen LogP contribution in [0.3, 0.4) is 0 Å². The van der Waals surface area contributed by atoms with Gasteiger partial charge in [-0.15, -0.1) is 0 Å². The van der Waals surface area contributed by atoms with Crippen molar-refractivity contribution in [3.8, 4) is 6.07 Å². The number of carbonyl (C=O) groups is 3. The summed E-state index contributed by atoms with van der Waals surface area (Å²) in [5.41, 5.74) is -2.41. The van der Waals surface area contributed by atoms with E-state index in [9.17, 15) is 19.6 Å². The van der Waals surface area contributed by atoms with E-state index in [0.717, 1.165) is 10.5 Å². The first kappa shape index (κ1) is 19.2. The van der Waals surface area contributed by atoms with Crippen molar-refractivity contribution in [1.82, 2.24) is 4.90 Å². The van der Waals surface area contributed by atoms with Gasteiger partial charge in [0.1, 0.15) is 0 Å². The second-order valence-corrected chi connectivity index (χ2v) is 7.55. The number of esters is 1. The number of fused-ring (bicyclic) bond motifs is 1. The summed E-state index contributed by atoms with van der Waals surface area (Å²) in [6, 6.07) is 17.4. The molecule has 1 saturated heterocycles. The largest absolute Gasteiger partial charge is 0.465 e. The number of likely N-dealkylation sites (tertiary alicyclic amines) is 1.